The molecule has 0 aliphatic carbocycles. The van der Waals surface area contributed by atoms with E-state index in [4.69, 9.17) is 23.7 Å². The lowest BCUT2D eigenvalue weighted by Crippen LogP contribution is -2.45. The van der Waals surface area contributed by atoms with E-state index in [1.54, 1.807) is 0 Å². The molecule has 33 heavy (non-hydrogen) atoms. The van der Waals surface area contributed by atoms with Crippen LogP contribution in [0.15, 0.2) is 35.4 Å². The van der Waals surface area contributed by atoms with Gasteiger partial charge < -0.3 is 23.7 Å². The fourth-order valence-electron chi connectivity index (χ4n) is 4.59. The summed E-state index contributed by atoms with van der Waals surface area (Å²) in [7, 11) is 0. The summed E-state index contributed by atoms with van der Waals surface area (Å²) >= 11 is 0. The van der Waals surface area contributed by atoms with Crippen molar-refractivity contribution in [1.29, 1.82) is 0 Å². The van der Waals surface area contributed by atoms with Gasteiger partial charge in [-0.1, -0.05) is 55.2 Å². The second-order valence-corrected chi connectivity index (χ2v) is 9.99. The van der Waals surface area contributed by atoms with Crippen LogP contribution in [0.3, 0.4) is 0 Å². The molecule has 8 heteroatoms. The molecule has 2 saturated heterocycles. The van der Waals surface area contributed by atoms with Crippen LogP contribution in [-0.2, 0) is 30.3 Å². The number of rotatable bonds is 12. The standard InChI is InChI=1S/C25H39N3O5/c1-18(12-8-7-11-15-29-16-19-13-9-6-10-14-19)22-23(33-25(4,5)32-22)21(27-28-26)20-17-30-24(2,3)31-20/h6,9-10,13-14,18,20-23H,7-8,11-12,15-17H2,1-5H3/t18-,20+,21-,22-,23-/m0/s1. The van der Waals surface area contributed by atoms with Gasteiger partial charge in [0.2, 0.25) is 0 Å². The summed E-state index contributed by atoms with van der Waals surface area (Å²) in [6.07, 6.45) is 3.25. The number of benzene rings is 1. The molecule has 0 bridgehead atoms. The quantitative estimate of drug-likeness (QED) is 0.171. The Balaban J connectivity index is 1.47. The zero-order valence-corrected chi connectivity index (χ0v) is 20.6. The highest BCUT2D eigenvalue weighted by Gasteiger charge is 2.51. The first-order valence-corrected chi connectivity index (χ1v) is 12.0. The zero-order chi connectivity index (χ0) is 23.9. The Bertz CT molecular complexity index is 782. The number of unbranched alkanes of at least 4 members (excludes halogenated alkanes) is 2. The van der Waals surface area contributed by atoms with Crippen LogP contribution in [0.5, 0.6) is 0 Å². The minimum atomic E-state index is -0.743. The van der Waals surface area contributed by atoms with Gasteiger partial charge in [-0.25, -0.2) is 0 Å². The molecule has 8 nitrogen and oxygen atoms in total. The van der Waals surface area contributed by atoms with Crippen molar-refractivity contribution < 1.29 is 23.7 Å². The van der Waals surface area contributed by atoms with Crippen LogP contribution in [0.4, 0.5) is 0 Å². The number of hydrogen-bond acceptors (Lipinski definition) is 6. The van der Waals surface area contributed by atoms with Crippen LogP contribution in [-0.4, -0.2) is 49.1 Å². The lowest BCUT2D eigenvalue weighted by atomic mass is 9.89. The van der Waals surface area contributed by atoms with Gasteiger partial charge in [0.25, 0.3) is 0 Å². The van der Waals surface area contributed by atoms with E-state index in [0.717, 1.165) is 32.3 Å². The summed E-state index contributed by atoms with van der Waals surface area (Å²) < 4.78 is 30.0. The second kappa shape index (κ2) is 11.6. The van der Waals surface area contributed by atoms with Gasteiger partial charge in [0.1, 0.15) is 0 Å². The molecule has 0 aromatic heterocycles. The maximum atomic E-state index is 9.21. The number of nitrogens with zero attached hydrogens (tertiary/aromatic N) is 3. The predicted octanol–water partition coefficient (Wildman–Crippen LogP) is 5.75. The summed E-state index contributed by atoms with van der Waals surface area (Å²) in [5.41, 5.74) is 10.4. The van der Waals surface area contributed by atoms with Crippen molar-refractivity contribution in [1.82, 2.24) is 0 Å². The van der Waals surface area contributed by atoms with E-state index in [1.807, 2.05) is 45.9 Å². The van der Waals surface area contributed by atoms with Crippen LogP contribution in [0.25, 0.3) is 10.4 Å². The summed E-state index contributed by atoms with van der Waals surface area (Å²) in [4.78, 5) is 3.08. The molecule has 2 heterocycles. The third-order valence-electron chi connectivity index (χ3n) is 6.22. The van der Waals surface area contributed by atoms with Crippen LogP contribution >= 0.6 is 0 Å². The molecule has 0 N–H and O–H groups in total. The molecule has 5 atom stereocenters. The van der Waals surface area contributed by atoms with E-state index < -0.39 is 17.6 Å². The SMILES string of the molecule is C[C@@H](CCCCCOCc1ccccc1)[C@@H]1OC(C)(C)O[C@H]1[C@@H](N=[N+]=[N-])[C@H]1COC(C)(C)O1. The van der Waals surface area contributed by atoms with Crippen molar-refractivity contribution in [3.8, 4) is 0 Å². The third kappa shape index (κ3) is 7.67. The van der Waals surface area contributed by atoms with Gasteiger partial charge in [-0.05, 0) is 57.5 Å². The molecular formula is C25H39N3O5. The maximum absolute atomic E-state index is 9.21. The number of ether oxygens (including phenoxy) is 5. The molecular weight excluding hydrogens is 422 g/mol. The average molecular weight is 462 g/mol. The van der Waals surface area contributed by atoms with E-state index in [0.29, 0.717) is 13.2 Å². The van der Waals surface area contributed by atoms with E-state index in [1.165, 1.54) is 5.56 Å². The molecule has 0 amide bonds. The second-order valence-electron chi connectivity index (χ2n) is 9.99. The van der Waals surface area contributed by atoms with Crippen molar-refractivity contribution in [2.24, 2.45) is 11.0 Å². The van der Waals surface area contributed by atoms with Crippen LogP contribution < -0.4 is 0 Å². The Hall–Kier alpha value is -1.67. The van der Waals surface area contributed by atoms with Gasteiger partial charge in [0, 0.05) is 11.5 Å². The van der Waals surface area contributed by atoms with Gasteiger partial charge in [-0.2, -0.15) is 0 Å². The fourth-order valence-corrected chi connectivity index (χ4v) is 4.59. The minimum absolute atomic E-state index is 0.183. The first-order valence-electron chi connectivity index (χ1n) is 12.0. The van der Waals surface area contributed by atoms with E-state index >= 15 is 0 Å². The lowest BCUT2D eigenvalue weighted by Gasteiger charge is -2.30. The highest BCUT2D eigenvalue weighted by Crippen LogP contribution is 2.39. The molecule has 1 aromatic rings. The fraction of sp³-hybridized carbons (Fsp3) is 0.760. The monoisotopic (exact) mass is 461 g/mol. The highest BCUT2D eigenvalue weighted by molar-refractivity contribution is 5.13. The molecule has 0 saturated carbocycles. The Morgan fingerprint density at radius 3 is 2.42 bits per heavy atom. The summed E-state index contributed by atoms with van der Waals surface area (Å²) in [5.74, 6) is -1.20. The first kappa shape index (κ1) is 25.9. The van der Waals surface area contributed by atoms with Gasteiger partial charge in [-0.15, -0.1) is 0 Å². The largest absolute Gasteiger partial charge is 0.377 e. The normalized spacial score (nSPS) is 27.7. The molecule has 2 fully saturated rings. The number of hydrogen-bond donors (Lipinski definition) is 0. The smallest absolute Gasteiger partial charge is 0.163 e. The van der Waals surface area contributed by atoms with Gasteiger partial charge >= 0.3 is 0 Å². The van der Waals surface area contributed by atoms with Crippen molar-refractivity contribution in [3.63, 3.8) is 0 Å². The topological polar surface area (TPSA) is 94.9 Å². The minimum Gasteiger partial charge on any atom is -0.377 e. The van der Waals surface area contributed by atoms with Crippen LogP contribution in [0.1, 0.15) is 65.9 Å². The predicted molar refractivity (Wildman–Crippen MR) is 125 cm³/mol. The third-order valence-corrected chi connectivity index (χ3v) is 6.22. The molecule has 2 aliphatic rings. The van der Waals surface area contributed by atoms with E-state index in [9.17, 15) is 5.53 Å². The van der Waals surface area contributed by atoms with Gasteiger partial charge in [-0.3, -0.25) is 0 Å². The van der Waals surface area contributed by atoms with Crippen molar-refractivity contribution >= 4 is 0 Å². The van der Waals surface area contributed by atoms with Crippen molar-refractivity contribution in [2.45, 2.75) is 103 Å². The summed E-state index contributed by atoms with van der Waals surface area (Å²) in [5, 5.41) is 4.06. The van der Waals surface area contributed by atoms with Gasteiger partial charge in [0.15, 0.2) is 11.6 Å². The molecule has 184 valence electrons. The maximum Gasteiger partial charge on any atom is 0.163 e. The van der Waals surface area contributed by atoms with E-state index in [-0.39, 0.29) is 24.2 Å². The zero-order valence-electron chi connectivity index (χ0n) is 20.6. The van der Waals surface area contributed by atoms with Crippen molar-refractivity contribution in [2.75, 3.05) is 13.2 Å². The Morgan fingerprint density at radius 1 is 1.03 bits per heavy atom. The molecule has 3 rings (SSSR count). The molecule has 0 radical (unpaired) electrons. The summed E-state index contributed by atoms with van der Waals surface area (Å²) in [6, 6.07) is 9.72. The van der Waals surface area contributed by atoms with E-state index in [2.05, 4.69) is 29.1 Å². The Morgan fingerprint density at radius 2 is 1.76 bits per heavy atom. The molecule has 1 aromatic carbocycles. The molecule has 2 aliphatic heterocycles. The Labute approximate surface area is 197 Å². The number of azide groups is 1. The first-order chi connectivity index (χ1) is 15.7. The Kier molecular flexibility index (Phi) is 9.16. The highest BCUT2D eigenvalue weighted by atomic mass is 16.8. The summed E-state index contributed by atoms with van der Waals surface area (Å²) in [6.45, 7) is 11.5. The molecule has 0 spiro atoms. The van der Waals surface area contributed by atoms with Crippen molar-refractivity contribution in [3.05, 3.63) is 46.3 Å². The van der Waals surface area contributed by atoms with Crippen LogP contribution in [0.2, 0.25) is 0 Å². The molecule has 0 unspecified atom stereocenters. The van der Waals surface area contributed by atoms with Gasteiger partial charge in [0.05, 0.1) is 37.6 Å². The van der Waals surface area contributed by atoms with Crippen LogP contribution in [0, 0.1) is 5.92 Å². The lowest BCUT2D eigenvalue weighted by molar-refractivity contribution is -0.159. The average Bonchev–Trinajstić information content (AvgIpc) is 3.30.